The van der Waals surface area contributed by atoms with Crippen LogP contribution < -0.4 is 11.2 Å². The van der Waals surface area contributed by atoms with Gasteiger partial charge in [0.1, 0.15) is 0 Å². The molecule has 0 radical (unpaired) electrons. The third-order valence-electron chi connectivity index (χ3n) is 3.20. The summed E-state index contributed by atoms with van der Waals surface area (Å²) >= 11 is 0. The Morgan fingerprint density at radius 2 is 1.95 bits per heavy atom. The van der Waals surface area contributed by atoms with E-state index in [1.54, 1.807) is 11.6 Å². The van der Waals surface area contributed by atoms with E-state index in [-0.39, 0.29) is 32.6 Å². The van der Waals surface area contributed by atoms with E-state index in [4.69, 9.17) is 0 Å². The minimum absolute atomic E-state index is 0. The predicted molar refractivity (Wildman–Crippen MR) is 71.2 cm³/mol. The van der Waals surface area contributed by atoms with E-state index in [0.29, 0.717) is 5.52 Å². The number of nitrogens with one attached hydrogen (secondary N) is 1. The van der Waals surface area contributed by atoms with Gasteiger partial charge in [0.25, 0.3) is 5.56 Å². The molecule has 0 bridgehead atoms. The number of benzene rings is 1. The molecule has 2 aliphatic heterocycles. The molecule has 7 heteroatoms. The van der Waals surface area contributed by atoms with Crippen molar-refractivity contribution in [3.8, 4) is 11.5 Å². The van der Waals surface area contributed by atoms with Gasteiger partial charge < -0.3 is 4.57 Å². The van der Waals surface area contributed by atoms with Gasteiger partial charge >= 0.3 is 5.69 Å². The summed E-state index contributed by atoms with van der Waals surface area (Å²) in [4.78, 5) is 33.3. The van der Waals surface area contributed by atoms with Crippen molar-refractivity contribution in [3.05, 3.63) is 51.0 Å². The van der Waals surface area contributed by atoms with Crippen molar-refractivity contribution in [1.29, 1.82) is 0 Å². The van der Waals surface area contributed by atoms with E-state index >= 15 is 0 Å². The molecule has 0 unspecified atom stereocenters. The van der Waals surface area contributed by atoms with E-state index in [0.717, 1.165) is 16.6 Å². The number of H-pyrrole nitrogens is 1. The average Bonchev–Trinajstić information content (AvgIpc) is 2.34. The molecule has 3 rings (SSSR count). The van der Waals surface area contributed by atoms with Gasteiger partial charge in [-0.2, -0.15) is 17.5 Å². The Bertz CT molecular complexity index is 897. The molecule has 0 aliphatic carbocycles. The molecule has 0 fully saturated rings. The molecular formula is C13H11N4O2W-. The Morgan fingerprint density at radius 1 is 1.25 bits per heavy atom. The average molecular weight is 439 g/mol. The third kappa shape index (κ3) is 2.06. The van der Waals surface area contributed by atoms with Crippen molar-refractivity contribution in [2.24, 2.45) is 7.05 Å². The van der Waals surface area contributed by atoms with Gasteiger partial charge in [0.05, 0.1) is 5.52 Å². The van der Waals surface area contributed by atoms with Crippen molar-refractivity contribution < 1.29 is 21.1 Å². The van der Waals surface area contributed by atoms with Crippen LogP contribution in [0, 0.1) is 13.8 Å². The summed E-state index contributed by atoms with van der Waals surface area (Å²) in [6.45, 7) is 5.86. The van der Waals surface area contributed by atoms with Crippen molar-refractivity contribution in [3.63, 3.8) is 0 Å². The largest absolute Gasteiger partial charge is 0.349 e. The second-order valence-electron chi connectivity index (χ2n) is 4.48. The quantitative estimate of drug-likeness (QED) is 0.412. The first-order chi connectivity index (χ1) is 8.97. The van der Waals surface area contributed by atoms with Gasteiger partial charge in [0.2, 0.25) is 0 Å². The number of aryl methyl sites for hydroxylation is 2. The van der Waals surface area contributed by atoms with Crippen molar-refractivity contribution >= 4 is 11.0 Å². The standard InChI is InChI=1S/C13H11N4O2.W/c1-6-4-8-9(5-7(6)2)17(3)11-10(14-8)12(18)16-13(19)15-11;/h4-5H,2H2,1,3H3,(H,16,18,19);/q-1;. The van der Waals surface area contributed by atoms with Crippen LogP contribution in [-0.4, -0.2) is 19.5 Å². The predicted octanol–water partition coefficient (Wildman–Crippen LogP) is 0.610. The Hall–Kier alpha value is -1.94. The van der Waals surface area contributed by atoms with Gasteiger partial charge in [0.15, 0.2) is 11.5 Å². The number of rotatable bonds is 0. The molecule has 2 heterocycles. The fourth-order valence-electron chi connectivity index (χ4n) is 2.09. The molecule has 20 heavy (non-hydrogen) atoms. The van der Waals surface area contributed by atoms with Crippen LogP contribution in [0.1, 0.15) is 11.1 Å². The molecule has 0 atom stereocenters. The monoisotopic (exact) mass is 439 g/mol. The summed E-state index contributed by atoms with van der Waals surface area (Å²) in [5, 5.41) is 0. The maximum Gasteiger partial charge on any atom is 0.349 e. The first-order valence-electron chi connectivity index (χ1n) is 5.71. The molecule has 6 nitrogen and oxygen atoms in total. The Balaban J connectivity index is 0.00000147. The molecule has 1 aromatic carbocycles. The number of aromatic nitrogens is 4. The van der Waals surface area contributed by atoms with Crippen molar-refractivity contribution in [2.75, 3.05) is 0 Å². The summed E-state index contributed by atoms with van der Waals surface area (Å²) in [5.74, 6) is 0.268. The topological polar surface area (TPSA) is 80.6 Å². The summed E-state index contributed by atoms with van der Waals surface area (Å²) in [5.41, 5.74) is 2.28. The van der Waals surface area contributed by atoms with Crippen LogP contribution in [0.15, 0.2) is 21.7 Å². The van der Waals surface area contributed by atoms with Crippen LogP contribution in [-0.2, 0) is 28.1 Å². The maximum atomic E-state index is 11.8. The first kappa shape index (κ1) is 14.5. The van der Waals surface area contributed by atoms with Crippen LogP contribution in [0.5, 0.6) is 0 Å². The Kier molecular flexibility index (Phi) is 3.52. The van der Waals surface area contributed by atoms with Crippen LogP contribution in [0.25, 0.3) is 22.6 Å². The fraction of sp³-hybridized carbons (Fsp3) is 0.154. The molecule has 0 amide bonds. The molecule has 2 aliphatic rings. The molecule has 0 saturated heterocycles. The van der Waals surface area contributed by atoms with E-state index in [9.17, 15) is 9.59 Å². The Labute approximate surface area is 128 Å². The smallest absolute Gasteiger partial charge is 0.337 e. The van der Waals surface area contributed by atoms with Gasteiger partial charge in [0, 0.05) is 33.6 Å². The molecule has 1 N–H and O–H groups in total. The number of hydrogen-bond acceptors (Lipinski definition) is 4. The molecule has 0 aromatic heterocycles. The van der Waals surface area contributed by atoms with E-state index in [1.165, 1.54) is 0 Å². The van der Waals surface area contributed by atoms with Crippen LogP contribution in [0.4, 0.5) is 0 Å². The van der Waals surface area contributed by atoms with E-state index in [1.807, 2.05) is 19.1 Å². The van der Waals surface area contributed by atoms with Gasteiger partial charge in [-0.15, -0.1) is 11.6 Å². The van der Waals surface area contributed by atoms with Crippen LogP contribution >= 0.6 is 0 Å². The number of fused-ring (bicyclic) bond motifs is 2. The van der Waals surface area contributed by atoms with Gasteiger partial charge in [-0.05, 0) is 0 Å². The minimum atomic E-state index is -0.670. The molecule has 102 valence electrons. The van der Waals surface area contributed by atoms with Gasteiger partial charge in [-0.25, -0.2) is 9.78 Å². The zero-order valence-electron chi connectivity index (χ0n) is 10.9. The van der Waals surface area contributed by atoms with E-state index < -0.39 is 11.2 Å². The summed E-state index contributed by atoms with van der Waals surface area (Å²) in [6.07, 6.45) is 0. The zero-order chi connectivity index (χ0) is 13.7. The summed E-state index contributed by atoms with van der Waals surface area (Å²) in [7, 11) is 1.74. The van der Waals surface area contributed by atoms with Gasteiger partial charge in [-0.1, -0.05) is 13.0 Å². The van der Waals surface area contributed by atoms with Crippen molar-refractivity contribution in [2.45, 2.75) is 6.92 Å². The third-order valence-corrected chi connectivity index (χ3v) is 3.20. The van der Waals surface area contributed by atoms with Crippen molar-refractivity contribution in [1.82, 2.24) is 19.5 Å². The maximum absolute atomic E-state index is 11.8. The Morgan fingerprint density at radius 3 is 2.65 bits per heavy atom. The molecule has 0 saturated carbocycles. The number of nitrogens with zero attached hydrogens (tertiary/aromatic N) is 3. The summed E-state index contributed by atoms with van der Waals surface area (Å²) in [6, 6.07) is 3.73. The minimum Gasteiger partial charge on any atom is -0.337 e. The molecule has 1 aromatic rings. The first-order valence-corrected chi connectivity index (χ1v) is 5.71. The SMILES string of the molecule is [CH2-]c1cc2c(cc1C)nc1c(=O)[nH]c(=O)nc-1n2C.[W]. The summed E-state index contributed by atoms with van der Waals surface area (Å²) < 4.78 is 1.68. The van der Waals surface area contributed by atoms with Crippen LogP contribution in [0.3, 0.4) is 0 Å². The normalized spacial score (nSPS) is 10.7. The van der Waals surface area contributed by atoms with Crippen LogP contribution in [0.2, 0.25) is 0 Å². The number of aromatic amines is 1. The fourth-order valence-corrected chi connectivity index (χ4v) is 2.09. The second-order valence-corrected chi connectivity index (χ2v) is 4.48. The van der Waals surface area contributed by atoms with E-state index in [2.05, 4.69) is 21.9 Å². The zero-order valence-corrected chi connectivity index (χ0v) is 13.9. The molecule has 0 spiro atoms. The second kappa shape index (κ2) is 4.87. The van der Waals surface area contributed by atoms with Gasteiger partial charge in [-0.3, -0.25) is 9.78 Å². The molecular weight excluding hydrogens is 428 g/mol. The number of hydrogen-bond donors (Lipinski definition) is 1.